The summed E-state index contributed by atoms with van der Waals surface area (Å²) < 4.78 is 15.6. The molecule has 17 heavy (non-hydrogen) atoms. The van der Waals surface area contributed by atoms with Crippen LogP contribution >= 0.6 is 11.6 Å². The molecule has 1 fully saturated rings. The smallest absolute Gasteiger partial charge is 0.194 e. The fourth-order valence-corrected chi connectivity index (χ4v) is 1.83. The molecule has 0 aliphatic carbocycles. The van der Waals surface area contributed by atoms with Crippen molar-refractivity contribution in [3.63, 3.8) is 0 Å². The first kappa shape index (κ1) is 12.4. The highest BCUT2D eigenvalue weighted by Crippen LogP contribution is 2.26. The van der Waals surface area contributed by atoms with Crippen molar-refractivity contribution in [2.75, 3.05) is 26.9 Å². The van der Waals surface area contributed by atoms with Gasteiger partial charge in [-0.3, -0.25) is 4.79 Å². The summed E-state index contributed by atoms with van der Waals surface area (Å²) in [5, 5.41) is 0.477. The summed E-state index contributed by atoms with van der Waals surface area (Å²) in [6.07, 6.45) is -0.533. The molecule has 0 amide bonds. The van der Waals surface area contributed by atoms with Gasteiger partial charge in [0.1, 0.15) is 11.9 Å². The van der Waals surface area contributed by atoms with Gasteiger partial charge in [0.2, 0.25) is 0 Å². The van der Waals surface area contributed by atoms with Crippen molar-refractivity contribution in [2.45, 2.75) is 6.10 Å². The molecule has 1 atom stereocenters. The van der Waals surface area contributed by atoms with Gasteiger partial charge in [-0.2, -0.15) is 0 Å². The van der Waals surface area contributed by atoms with Gasteiger partial charge < -0.3 is 14.2 Å². The minimum Gasteiger partial charge on any atom is -0.495 e. The lowest BCUT2D eigenvalue weighted by Crippen LogP contribution is -2.35. The summed E-state index contributed by atoms with van der Waals surface area (Å²) in [5.74, 6) is 0.369. The molecule has 4 nitrogen and oxygen atoms in total. The molecule has 1 saturated heterocycles. The van der Waals surface area contributed by atoms with E-state index in [-0.39, 0.29) is 5.78 Å². The van der Waals surface area contributed by atoms with Gasteiger partial charge in [-0.1, -0.05) is 11.6 Å². The molecule has 1 unspecified atom stereocenters. The highest BCUT2D eigenvalue weighted by molar-refractivity contribution is 6.32. The zero-order valence-electron chi connectivity index (χ0n) is 9.44. The second kappa shape index (κ2) is 5.49. The van der Waals surface area contributed by atoms with Gasteiger partial charge in [-0.15, -0.1) is 0 Å². The van der Waals surface area contributed by atoms with E-state index in [0.717, 1.165) is 0 Å². The van der Waals surface area contributed by atoms with Crippen LogP contribution in [0.5, 0.6) is 5.75 Å². The molecular formula is C12H13ClO4. The van der Waals surface area contributed by atoms with Crippen molar-refractivity contribution < 1.29 is 19.0 Å². The van der Waals surface area contributed by atoms with Crippen LogP contribution in [-0.2, 0) is 9.47 Å². The topological polar surface area (TPSA) is 44.8 Å². The monoisotopic (exact) mass is 256 g/mol. The summed E-state index contributed by atoms with van der Waals surface area (Å²) in [6, 6.07) is 4.91. The molecule has 2 rings (SSSR count). The fourth-order valence-electron chi connectivity index (χ4n) is 1.64. The SMILES string of the molecule is COc1cc(C(=O)C2COCCO2)ccc1Cl. The summed E-state index contributed by atoms with van der Waals surface area (Å²) >= 11 is 5.89. The molecule has 0 spiro atoms. The lowest BCUT2D eigenvalue weighted by molar-refractivity contribution is -0.0719. The van der Waals surface area contributed by atoms with Crippen LogP contribution in [0.3, 0.4) is 0 Å². The second-order valence-electron chi connectivity index (χ2n) is 3.65. The third-order valence-electron chi connectivity index (χ3n) is 2.54. The number of carbonyl (C=O) groups excluding carboxylic acids is 1. The third-order valence-corrected chi connectivity index (χ3v) is 2.86. The molecule has 92 valence electrons. The normalized spacial score (nSPS) is 20.0. The Bertz CT molecular complexity index is 413. The van der Waals surface area contributed by atoms with Crippen molar-refractivity contribution in [1.29, 1.82) is 0 Å². The van der Waals surface area contributed by atoms with Gasteiger partial charge in [0.15, 0.2) is 5.78 Å². The minimum atomic E-state index is -0.533. The Labute approximate surface area is 104 Å². The number of benzene rings is 1. The lowest BCUT2D eigenvalue weighted by atomic mass is 10.1. The molecule has 1 aliphatic heterocycles. The summed E-state index contributed by atoms with van der Waals surface area (Å²) in [7, 11) is 1.51. The summed E-state index contributed by atoms with van der Waals surface area (Å²) in [4.78, 5) is 12.1. The number of rotatable bonds is 3. The van der Waals surface area contributed by atoms with E-state index in [1.807, 2.05) is 0 Å². The van der Waals surface area contributed by atoms with E-state index in [9.17, 15) is 4.79 Å². The van der Waals surface area contributed by atoms with Gasteiger partial charge in [-0.25, -0.2) is 0 Å². The molecule has 0 N–H and O–H groups in total. The number of ketones is 1. The lowest BCUT2D eigenvalue weighted by Gasteiger charge is -2.21. The zero-order chi connectivity index (χ0) is 12.3. The standard InChI is InChI=1S/C12H13ClO4/c1-15-10-6-8(2-3-9(10)13)12(14)11-7-16-4-5-17-11/h2-3,6,11H,4-5,7H2,1H3. The predicted octanol–water partition coefficient (Wildman–Crippen LogP) is 1.95. The Balaban J connectivity index is 2.18. The number of carbonyl (C=O) groups is 1. The molecule has 0 bridgehead atoms. The maximum atomic E-state index is 12.1. The van der Waals surface area contributed by atoms with Crippen LogP contribution in [0.2, 0.25) is 5.02 Å². The largest absolute Gasteiger partial charge is 0.495 e. The summed E-state index contributed by atoms with van der Waals surface area (Å²) in [5.41, 5.74) is 0.516. The maximum absolute atomic E-state index is 12.1. The Morgan fingerprint density at radius 1 is 1.47 bits per heavy atom. The number of halogens is 1. The highest BCUT2D eigenvalue weighted by Gasteiger charge is 2.24. The number of ether oxygens (including phenoxy) is 3. The zero-order valence-corrected chi connectivity index (χ0v) is 10.2. The maximum Gasteiger partial charge on any atom is 0.194 e. The van der Waals surface area contributed by atoms with Gasteiger partial charge >= 0.3 is 0 Å². The number of hydrogen-bond acceptors (Lipinski definition) is 4. The van der Waals surface area contributed by atoms with Crippen LogP contribution < -0.4 is 4.74 Å². The second-order valence-corrected chi connectivity index (χ2v) is 4.06. The first-order chi connectivity index (χ1) is 8.22. The molecule has 1 aromatic rings. The van der Waals surface area contributed by atoms with E-state index in [1.165, 1.54) is 7.11 Å². The Morgan fingerprint density at radius 2 is 2.29 bits per heavy atom. The van der Waals surface area contributed by atoms with Gasteiger partial charge in [0.25, 0.3) is 0 Å². The molecule has 1 heterocycles. The third kappa shape index (κ3) is 2.77. The Kier molecular flexibility index (Phi) is 3.99. The predicted molar refractivity (Wildman–Crippen MR) is 62.9 cm³/mol. The number of methoxy groups -OCH3 is 1. The highest BCUT2D eigenvalue weighted by atomic mass is 35.5. The van der Waals surface area contributed by atoms with E-state index in [2.05, 4.69) is 0 Å². The van der Waals surface area contributed by atoms with Crippen molar-refractivity contribution in [1.82, 2.24) is 0 Å². The molecule has 0 saturated carbocycles. The van der Waals surface area contributed by atoms with Gasteiger partial charge in [0, 0.05) is 5.56 Å². The van der Waals surface area contributed by atoms with Crippen molar-refractivity contribution >= 4 is 17.4 Å². The summed E-state index contributed by atoms with van der Waals surface area (Å²) in [6.45, 7) is 1.28. The van der Waals surface area contributed by atoms with Crippen LogP contribution in [0.15, 0.2) is 18.2 Å². The van der Waals surface area contributed by atoms with Crippen LogP contribution in [0.1, 0.15) is 10.4 Å². The van der Waals surface area contributed by atoms with E-state index in [1.54, 1.807) is 18.2 Å². The van der Waals surface area contributed by atoms with Crippen LogP contribution in [-0.4, -0.2) is 38.8 Å². The van der Waals surface area contributed by atoms with Crippen molar-refractivity contribution in [3.8, 4) is 5.75 Å². The van der Waals surface area contributed by atoms with Crippen LogP contribution in [0.4, 0.5) is 0 Å². The number of hydrogen-bond donors (Lipinski definition) is 0. The van der Waals surface area contributed by atoms with Crippen LogP contribution in [0, 0.1) is 0 Å². The minimum absolute atomic E-state index is 0.111. The quantitative estimate of drug-likeness (QED) is 0.776. The van der Waals surface area contributed by atoms with Gasteiger partial charge in [-0.05, 0) is 18.2 Å². The molecule has 0 radical (unpaired) electrons. The van der Waals surface area contributed by atoms with E-state index < -0.39 is 6.10 Å². The van der Waals surface area contributed by atoms with E-state index in [4.69, 9.17) is 25.8 Å². The first-order valence-electron chi connectivity index (χ1n) is 5.29. The van der Waals surface area contributed by atoms with Crippen molar-refractivity contribution in [2.24, 2.45) is 0 Å². The Morgan fingerprint density at radius 3 is 2.94 bits per heavy atom. The van der Waals surface area contributed by atoms with E-state index in [0.29, 0.717) is 36.2 Å². The average Bonchev–Trinajstić information content (AvgIpc) is 2.39. The fraction of sp³-hybridized carbons (Fsp3) is 0.417. The molecule has 1 aliphatic rings. The Hall–Kier alpha value is -1.10. The molecule has 1 aromatic carbocycles. The average molecular weight is 257 g/mol. The molecule has 5 heteroatoms. The van der Waals surface area contributed by atoms with Crippen LogP contribution in [0.25, 0.3) is 0 Å². The molecule has 0 aromatic heterocycles. The molecular weight excluding hydrogens is 244 g/mol. The van der Waals surface area contributed by atoms with Crippen molar-refractivity contribution in [3.05, 3.63) is 28.8 Å². The first-order valence-corrected chi connectivity index (χ1v) is 5.67. The van der Waals surface area contributed by atoms with E-state index >= 15 is 0 Å². The van der Waals surface area contributed by atoms with Gasteiger partial charge in [0.05, 0.1) is 32.0 Å². The number of Topliss-reactive ketones (excluding diaryl/α,β-unsaturated/α-hetero) is 1.